The first-order valence-electron chi connectivity index (χ1n) is 7.75. The Kier molecular flexibility index (Phi) is 4.11. The van der Waals surface area contributed by atoms with E-state index in [0.717, 1.165) is 11.1 Å². The Morgan fingerprint density at radius 3 is 2.70 bits per heavy atom. The van der Waals surface area contributed by atoms with Crippen LogP contribution in [0.25, 0.3) is 27.4 Å². The normalized spacial score (nSPS) is 10.9. The Balaban J connectivity index is 1.68. The number of nitrogens with zero attached hydrogens (tertiary/aromatic N) is 4. The maximum Gasteiger partial charge on any atom is 0.269 e. The van der Waals surface area contributed by atoms with Gasteiger partial charge in [0, 0.05) is 28.6 Å². The molecule has 4 aromatic rings. The van der Waals surface area contributed by atoms with Crippen molar-refractivity contribution in [2.24, 2.45) is 5.84 Å². The quantitative estimate of drug-likeness (QED) is 0.242. The molecule has 0 saturated carbocycles. The highest BCUT2D eigenvalue weighted by atomic mass is 32.1. The van der Waals surface area contributed by atoms with Gasteiger partial charge in [-0.15, -0.1) is 11.3 Å². The number of nitrogen functional groups attached to an aromatic ring is 1. The van der Waals surface area contributed by atoms with Crippen LogP contribution in [-0.4, -0.2) is 25.4 Å². The Morgan fingerprint density at radius 2 is 2.00 bits per heavy atom. The molecule has 4 rings (SSSR count). The van der Waals surface area contributed by atoms with E-state index in [4.69, 9.17) is 5.84 Å². The van der Waals surface area contributed by atoms with E-state index < -0.39 is 4.92 Å². The molecule has 2 aromatic heterocycles. The molecule has 134 valence electrons. The number of imidazole rings is 1. The number of hydrogen-bond acceptors (Lipinski definition) is 7. The van der Waals surface area contributed by atoms with Gasteiger partial charge >= 0.3 is 0 Å². The molecular weight excluding hydrogens is 368 g/mol. The van der Waals surface area contributed by atoms with Gasteiger partial charge in [0.05, 0.1) is 21.7 Å². The van der Waals surface area contributed by atoms with Crippen molar-refractivity contribution in [1.82, 2.24) is 20.0 Å². The van der Waals surface area contributed by atoms with Crippen LogP contribution < -0.4 is 11.3 Å². The number of nitro benzene ring substituents is 1. The summed E-state index contributed by atoms with van der Waals surface area (Å²) in [6, 6.07) is 11.3. The molecule has 3 N–H and O–H groups in total. The lowest BCUT2D eigenvalue weighted by molar-refractivity contribution is -0.384. The van der Waals surface area contributed by atoms with Crippen molar-refractivity contribution >= 4 is 34.0 Å². The maximum atomic E-state index is 11.6. The summed E-state index contributed by atoms with van der Waals surface area (Å²) in [7, 11) is 0. The minimum atomic E-state index is -0.437. The number of non-ortho nitro benzene ring substituents is 1. The number of carbonyl (C=O) groups excluding carboxylic acids is 1. The zero-order chi connectivity index (χ0) is 19.0. The van der Waals surface area contributed by atoms with E-state index in [9.17, 15) is 14.9 Å². The highest BCUT2D eigenvalue weighted by Crippen LogP contribution is 2.28. The molecular formula is C17H12N6O3S. The van der Waals surface area contributed by atoms with Crippen molar-refractivity contribution in [3.63, 3.8) is 0 Å². The number of nitrogens with two attached hydrogens (primary N) is 1. The Morgan fingerprint density at radius 1 is 1.22 bits per heavy atom. The lowest BCUT2D eigenvalue weighted by Crippen LogP contribution is -2.29. The minimum absolute atomic E-state index is 0.0344. The summed E-state index contributed by atoms with van der Waals surface area (Å²) in [6.45, 7) is 0. The largest absolute Gasteiger partial charge is 0.290 e. The van der Waals surface area contributed by atoms with Gasteiger partial charge in [0.15, 0.2) is 5.13 Å². The number of carbonyl (C=O) groups is 1. The third kappa shape index (κ3) is 3.03. The first kappa shape index (κ1) is 16.8. The van der Waals surface area contributed by atoms with E-state index in [1.165, 1.54) is 23.5 Å². The average molecular weight is 380 g/mol. The maximum absolute atomic E-state index is 11.6. The number of hydrazine groups is 1. The van der Waals surface area contributed by atoms with Crippen molar-refractivity contribution in [3.8, 4) is 16.4 Å². The molecule has 0 unspecified atom stereocenters. The predicted molar refractivity (Wildman–Crippen MR) is 100 cm³/mol. The van der Waals surface area contributed by atoms with E-state index in [-0.39, 0.29) is 11.6 Å². The Hall–Kier alpha value is -3.63. The van der Waals surface area contributed by atoms with Crippen LogP contribution in [0.15, 0.2) is 54.2 Å². The fourth-order valence-electron chi connectivity index (χ4n) is 2.65. The van der Waals surface area contributed by atoms with Gasteiger partial charge < -0.3 is 0 Å². The molecule has 2 heterocycles. The number of hydrogen-bond donors (Lipinski definition) is 2. The number of amides is 1. The van der Waals surface area contributed by atoms with Crippen LogP contribution in [0.2, 0.25) is 0 Å². The number of thiazole rings is 1. The summed E-state index contributed by atoms with van der Waals surface area (Å²) in [5.74, 6) is 4.77. The zero-order valence-electron chi connectivity index (χ0n) is 13.7. The van der Waals surface area contributed by atoms with Gasteiger partial charge in [0.25, 0.3) is 11.6 Å². The second-order valence-electron chi connectivity index (χ2n) is 5.61. The van der Waals surface area contributed by atoms with E-state index >= 15 is 0 Å². The van der Waals surface area contributed by atoms with Crippen LogP contribution in [0.3, 0.4) is 0 Å². The number of rotatable bonds is 4. The van der Waals surface area contributed by atoms with Crippen molar-refractivity contribution < 1.29 is 9.72 Å². The van der Waals surface area contributed by atoms with Crippen molar-refractivity contribution in [2.75, 3.05) is 0 Å². The van der Waals surface area contributed by atoms with Crippen LogP contribution >= 0.6 is 11.3 Å². The molecule has 1 amide bonds. The summed E-state index contributed by atoms with van der Waals surface area (Å²) < 4.78 is 1.82. The van der Waals surface area contributed by atoms with Crippen molar-refractivity contribution in [2.45, 2.75) is 0 Å². The Bertz CT molecular complexity index is 1170. The first-order chi connectivity index (χ1) is 13.1. The van der Waals surface area contributed by atoms with Crippen LogP contribution in [-0.2, 0) is 0 Å². The number of nitro groups is 1. The van der Waals surface area contributed by atoms with E-state index in [1.807, 2.05) is 9.95 Å². The van der Waals surface area contributed by atoms with Gasteiger partial charge in [-0.2, -0.15) is 0 Å². The van der Waals surface area contributed by atoms with E-state index in [2.05, 4.69) is 15.4 Å². The lowest BCUT2D eigenvalue weighted by Gasteiger charge is -2.01. The topological polar surface area (TPSA) is 129 Å². The molecule has 27 heavy (non-hydrogen) atoms. The number of benzene rings is 2. The summed E-state index contributed by atoms with van der Waals surface area (Å²) in [4.78, 5) is 30.9. The van der Waals surface area contributed by atoms with Crippen LogP contribution in [0.5, 0.6) is 0 Å². The van der Waals surface area contributed by atoms with Gasteiger partial charge in [-0.3, -0.25) is 24.9 Å². The third-order valence-electron chi connectivity index (χ3n) is 4.01. The molecule has 10 heteroatoms. The van der Waals surface area contributed by atoms with E-state index in [0.29, 0.717) is 21.9 Å². The van der Waals surface area contributed by atoms with Crippen LogP contribution in [0.1, 0.15) is 10.4 Å². The molecule has 0 aliphatic carbocycles. The van der Waals surface area contributed by atoms with Gasteiger partial charge in [-0.1, -0.05) is 0 Å². The standard InChI is InChI=1S/C17H12N6O3S/c18-21-16(24)11-3-6-15-13(7-11)19-9-22(15)17-20-14(8-27-17)10-1-4-12(5-2-10)23(25)26/h1-9H,18H2,(H,21,24). The van der Waals surface area contributed by atoms with Gasteiger partial charge in [0.1, 0.15) is 6.33 Å². The van der Waals surface area contributed by atoms with Crippen molar-refractivity contribution in [1.29, 1.82) is 0 Å². The summed E-state index contributed by atoms with van der Waals surface area (Å²) in [5.41, 5.74) is 5.48. The molecule has 0 spiro atoms. The molecule has 0 bridgehead atoms. The van der Waals surface area contributed by atoms with Gasteiger partial charge in [-0.25, -0.2) is 15.8 Å². The molecule has 0 aliphatic heterocycles. The summed E-state index contributed by atoms with van der Waals surface area (Å²) in [6.07, 6.45) is 1.63. The smallest absolute Gasteiger partial charge is 0.269 e. The molecule has 9 nitrogen and oxygen atoms in total. The molecule has 0 radical (unpaired) electrons. The molecule has 0 aliphatic rings. The monoisotopic (exact) mass is 380 g/mol. The zero-order valence-corrected chi connectivity index (χ0v) is 14.5. The SMILES string of the molecule is NNC(=O)c1ccc2c(c1)ncn2-c1nc(-c2ccc([N+](=O)[O-])cc2)cs1. The molecule has 0 saturated heterocycles. The van der Waals surface area contributed by atoms with E-state index in [1.54, 1.807) is 36.7 Å². The molecule has 2 aromatic carbocycles. The number of fused-ring (bicyclic) bond motifs is 1. The predicted octanol–water partition coefficient (Wildman–Crippen LogP) is 2.66. The summed E-state index contributed by atoms with van der Waals surface area (Å²) >= 11 is 1.42. The van der Waals surface area contributed by atoms with Crippen LogP contribution in [0.4, 0.5) is 5.69 Å². The average Bonchev–Trinajstić information content (AvgIpc) is 3.33. The second-order valence-corrected chi connectivity index (χ2v) is 6.45. The Labute approximate surface area is 156 Å². The number of nitrogens with one attached hydrogen (secondary N) is 1. The van der Waals surface area contributed by atoms with Gasteiger partial charge in [0.2, 0.25) is 0 Å². The molecule has 0 atom stereocenters. The second kappa shape index (κ2) is 6.59. The fraction of sp³-hybridized carbons (Fsp3) is 0. The third-order valence-corrected chi connectivity index (χ3v) is 4.85. The minimum Gasteiger partial charge on any atom is -0.290 e. The lowest BCUT2D eigenvalue weighted by atomic mass is 10.1. The number of aromatic nitrogens is 3. The highest BCUT2D eigenvalue weighted by molar-refractivity contribution is 7.12. The van der Waals surface area contributed by atoms with Gasteiger partial charge in [-0.05, 0) is 30.3 Å². The molecule has 0 fully saturated rings. The van der Waals surface area contributed by atoms with Crippen molar-refractivity contribution in [3.05, 3.63) is 69.8 Å². The van der Waals surface area contributed by atoms with Crippen LogP contribution in [0, 0.1) is 10.1 Å². The highest BCUT2D eigenvalue weighted by Gasteiger charge is 2.13. The first-order valence-corrected chi connectivity index (χ1v) is 8.63. The fourth-order valence-corrected chi connectivity index (χ4v) is 3.47. The summed E-state index contributed by atoms with van der Waals surface area (Å²) in [5, 5.41) is 13.3.